The van der Waals surface area contributed by atoms with E-state index in [2.05, 4.69) is 52.8 Å². The molecular weight excluding hydrogens is 490 g/mol. The molecule has 39 heavy (non-hydrogen) atoms. The molecule has 9 heteroatoms. The molecule has 1 aliphatic heterocycles. The Bertz CT molecular complexity index is 1530. The Kier molecular flexibility index (Phi) is 7.17. The van der Waals surface area contributed by atoms with Gasteiger partial charge in [-0.25, -0.2) is 4.98 Å². The topological polar surface area (TPSA) is 95.4 Å². The molecule has 1 aliphatic rings. The summed E-state index contributed by atoms with van der Waals surface area (Å²) in [6.45, 7) is 13.5. The Hall–Kier alpha value is -4.50. The summed E-state index contributed by atoms with van der Waals surface area (Å²) < 4.78 is 1.99. The Labute approximate surface area is 228 Å². The van der Waals surface area contributed by atoms with Gasteiger partial charge in [0.1, 0.15) is 5.82 Å². The van der Waals surface area contributed by atoms with Crippen molar-refractivity contribution < 1.29 is 9.59 Å². The molecule has 1 fully saturated rings. The minimum absolute atomic E-state index is 0.0786. The Balaban J connectivity index is 1.47. The first-order chi connectivity index (χ1) is 18.8. The molecule has 4 aromatic rings. The van der Waals surface area contributed by atoms with E-state index in [1.54, 1.807) is 12.3 Å². The van der Waals surface area contributed by atoms with E-state index in [9.17, 15) is 9.59 Å². The van der Waals surface area contributed by atoms with Crippen LogP contribution in [0.25, 0.3) is 16.7 Å². The van der Waals surface area contributed by atoms with Gasteiger partial charge < -0.3 is 20.1 Å². The van der Waals surface area contributed by atoms with Gasteiger partial charge in [-0.1, -0.05) is 24.8 Å². The summed E-state index contributed by atoms with van der Waals surface area (Å²) in [4.78, 5) is 38.2. The van der Waals surface area contributed by atoms with Gasteiger partial charge in [0, 0.05) is 49.7 Å². The first-order valence-electron chi connectivity index (χ1n) is 13.0. The molecule has 3 heterocycles. The number of nitrogens with zero attached hydrogens (tertiary/aromatic N) is 5. The zero-order valence-corrected chi connectivity index (χ0v) is 22.5. The molecule has 2 aromatic heterocycles. The lowest BCUT2D eigenvalue weighted by atomic mass is 10.0. The van der Waals surface area contributed by atoms with Crippen molar-refractivity contribution >= 4 is 46.1 Å². The molecule has 0 saturated carbocycles. The second-order valence-electron chi connectivity index (χ2n) is 10.5. The highest BCUT2D eigenvalue weighted by Crippen LogP contribution is 2.34. The number of piperazine rings is 1. The smallest absolute Gasteiger partial charge is 0.247 e. The van der Waals surface area contributed by atoms with Crippen LogP contribution in [0.15, 0.2) is 73.6 Å². The maximum atomic E-state index is 12.3. The average Bonchev–Trinajstić information content (AvgIpc) is 3.37. The molecule has 0 bridgehead atoms. The molecule has 9 nitrogen and oxygen atoms in total. The number of amides is 1. The summed E-state index contributed by atoms with van der Waals surface area (Å²) in [5.41, 5.74) is 3.43. The van der Waals surface area contributed by atoms with Crippen LogP contribution in [0.4, 0.5) is 23.0 Å². The second-order valence-corrected chi connectivity index (χ2v) is 10.5. The van der Waals surface area contributed by atoms with Gasteiger partial charge in [-0.15, -0.1) is 0 Å². The third-order valence-electron chi connectivity index (χ3n) is 7.04. The quantitative estimate of drug-likeness (QED) is 0.259. The Morgan fingerprint density at radius 2 is 1.79 bits per heavy atom. The van der Waals surface area contributed by atoms with E-state index in [4.69, 9.17) is 4.98 Å². The number of fused-ring (bicyclic) bond motifs is 1. The lowest BCUT2D eigenvalue weighted by molar-refractivity contribution is -0.111. The van der Waals surface area contributed by atoms with Crippen LogP contribution >= 0.6 is 0 Å². The summed E-state index contributed by atoms with van der Waals surface area (Å²) in [5, 5.41) is 7.22. The van der Waals surface area contributed by atoms with Crippen molar-refractivity contribution in [2.45, 2.75) is 26.3 Å². The third kappa shape index (κ3) is 5.53. The molecule has 0 spiro atoms. The second kappa shape index (κ2) is 10.7. The van der Waals surface area contributed by atoms with Gasteiger partial charge in [-0.2, -0.15) is 4.98 Å². The highest BCUT2D eigenvalue weighted by Gasteiger charge is 2.27. The van der Waals surface area contributed by atoms with E-state index in [0.29, 0.717) is 28.7 Å². The Morgan fingerprint density at radius 1 is 1.03 bits per heavy atom. The number of benzene rings is 2. The maximum Gasteiger partial charge on any atom is 0.247 e. The summed E-state index contributed by atoms with van der Waals surface area (Å²) in [7, 11) is 0. The number of rotatable bonds is 7. The summed E-state index contributed by atoms with van der Waals surface area (Å²) >= 11 is 0. The van der Waals surface area contributed by atoms with Crippen LogP contribution in [0, 0.1) is 0 Å². The van der Waals surface area contributed by atoms with Crippen molar-refractivity contribution in [3.8, 4) is 5.82 Å². The highest BCUT2D eigenvalue weighted by atomic mass is 16.1. The van der Waals surface area contributed by atoms with Crippen LogP contribution in [0.5, 0.6) is 0 Å². The molecule has 200 valence electrons. The van der Waals surface area contributed by atoms with Crippen molar-refractivity contribution in [3.05, 3.63) is 79.1 Å². The summed E-state index contributed by atoms with van der Waals surface area (Å²) in [5.74, 6) is 0.697. The first kappa shape index (κ1) is 26.1. The predicted octanol–water partition coefficient (Wildman–Crippen LogP) is 5.02. The van der Waals surface area contributed by atoms with Gasteiger partial charge in [-0.05, 0) is 62.6 Å². The van der Waals surface area contributed by atoms with Crippen molar-refractivity contribution in [1.29, 1.82) is 0 Å². The van der Waals surface area contributed by atoms with E-state index < -0.39 is 0 Å². The van der Waals surface area contributed by atoms with Gasteiger partial charge in [-0.3, -0.25) is 14.5 Å². The number of hydrogen-bond donors (Lipinski definition) is 2. The first-order valence-corrected chi connectivity index (χ1v) is 13.0. The zero-order valence-electron chi connectivity index (χ0n) is 22.5. The van der Waals surface area contributed by atoms with Gasteiger partial charge in [0.25, 0.3) is 0 Å². The van der Waals surface area contributed by atoms with Crippen LogP contribution < -0.4 is 15.5 Å². The number of carbonyl (C=O) groups excluding carboxylic acids is 2. The minimum Gasteiger partial charge on any atom is -0.367 e. The fraction of sp³-hybridized carbons (Fsp3) is 0.267. The molecule has 0 unspecified atom stereocenters. The lowest BCUT2D eigenvalue weighted by Gasteiger charge is -2.43. The molecule has 0 radical (unpaired) electrons. The summed E-state index contributed by atoms with van der Waals surface area (Å²) in [6.07, 6.45) is 5.67. The SMILES string of the molecule is C=CC(=O)Nc1cc(Nc2nccc(-n3ccc4ccccc43)n2)c(C=O)cc1N1CCN(C(C)(C)C)CC1. The number of nitrogens with one attached hydrogen (secondary N) is 2. The number of aromatic nitrogens is 3. The summed E-state index contributed by atoms with van der Waals surface area (Å²) in [6, 6.07) is 15.5. The van der Waals surface area contributed by atoms with E-state index in [1.807, 2.05) is 53.2 Å². The number of anilines is 4. The molecular formula is C30H33N7O2. The molecule has 5 rings (SSSR count). The predicted molar refractivity (Wildman–Crippen MR) is 156 cm³/mol. The van der Waals surface area contributed by atoms with Crippen molar-refractivity contribution in [1.82, 2.24) is 19.4 Å². The van der Waals surface area contributed by atoms with E-state index in [0.717, 1.165) is 49.1 Å². The maximum absolute atomic E-state index is 12.3. The number of aldehydes is 1. The van der Waals surface area contributed by atoms with Gasteiger partial charge in [0.05, 0.1) is 22.6 Å². The highest BCUT2D eigenvalue weighted by molar-refractivity contribution is 6.03. The zero-order chi connectivity index (χ0) is 27.6. The number of carbonyl (C=O) groups is 2. The van der Waals surface area contributed by atoms with Crippen LogP contribution in [-0.4, -0.2) is 63.3 Å². The van der Waals surface area contributed by atoms with E-state index >= 15 is 0 Å². The third-order valence-corrected chi connectivity index (χ3v) is 7.04. The molecule has 1 saturated heterocycles. The molecule has 0 aliphatic carbocycles. The largest absolute Gasteiger partial charge is 0.367 e. The Morgan fingerprint density at radius 3 is 2.51 bits per heavy atom. The standard InChI is InChI=1S/C30H33N7O2/c1-5-28(39)32-24-19-23(22(20-38)18-26(24)35-14-16-36(17-15-35)30(2,3)4)33-29-31-12-10-27(34-29)37-13-11-21-8-6-7-9-25(21)37/h5-13,18-20H,1,14-17H2,2-4H3,(H,32,39)(H,31,33,34). The van der Waals surface area contributed by atoms with Crippen molar-refractivity contribution in [2.75, 3.05) is 41.7 Å². The molecule has 1 amide bonds. The minimum atomic E-state index is -0.327. The molecule has 2 N–H and O–H groups in total. The van der Waals surface area contributed by atoms with Gasteiger partial charge in [0.15, 0.2) is 6.29 Å². The van der Waals surface area contributed by atoms with E-state index in [-0.39, 0.29) is 11.4 Å². The van der Waals surface area contributed by atoms with Crippen LogP contribution in [0.1, 0.15) is 31.1 Å². The fourth-order valence-corrected chi connectivity index (χ4v) is 4.92. The van der Waals surface area contributed by atoms with Crippen LogP contribution in [-0.2, 0) is 4.79 Å². The van der Waals surface area contributed by atoms with Gasteiger partial charge in [0.2, 0.25) is 11.9 Å². The van der Waals surface area contributed by atoms with Crippen LogP contribution in [0.2, 0.25) is 0 Å². The lowest BCUT2D eigenvalue weighted by Crippen LogP contribution is -2.53. The van der Waals surface area contributed by atoms with E-state index in [1.165, 1.54) is 6.08 Å². The van der Waals surface area contributed by atoms with Crippen LogP contribution in [0.3, 0.4) is 0 Å². The number of hydrogen-bond acceptors (Lipinski definition) is 7. The van der Waals surface area contributed by atoms with Crippen molar-refractivity contribution in [2.24, 2.45) is 0 Å². The molecule has 2 aromatic carbocycles. The fourth-order valence-electron chi connectivity index (χ4n) is 4.92. The van der Waals surface area contributed by atoms with Gasteiger partial charge >= 0.3 is 0 Å². The van der Waals surface area contributed by atoms with Crippen molar-refractivity contribution in [3.63, 3.8) is 0 Å². The normalized spacial score (nSPS) is 14.3. The number of para-hydroxylation sites is 1. The molecule has 0 atom stereocenters. The monoisotopic (exact) mass is 523 g/mol. The average molecular weight is 524 g/mol.